The number of hydrogen-bond acceptors (Lipinski definition) is 7. The molecular weight excluding hydrogens is 875 g/mol. The molecule has 0 rings (SSSR count). The van der Waals surface area contributed by atoms with E-state index in [1.54, 1.807) is 0 Å². The van der Waals surface area contributed by atoms with E-state index in [0.29, 0.717) is 17.4 Å². The van der Waals surface area contributed by atoms with Gasteiger partial charge in [-0.2, -0.15) is 0 Å². The van der Waals surface area contributed by atoms with Gasteiger partial charge in [-0.15, -0.1) is 0 Å². The standard InChI is InChI=1S/C61H99NO8/c1-6-8-10-12-14-16-18-19-20-21-22-23-24-25-26-27-28-29-30-31-32-33-34-35-36-37-38-39-40-41-42-44-46-48-50-52-59(64)70-57(56-69-61(60(65)66)67-54-53-62(3,4)5)55-68-58(63)51-49-47-45-43-17-15-13-11-9-7-2/h8,10-11,13-14,16,19-20,22-23,25-26,28-29,31-32,34-35,37-38,57,61H,6-7,9,12,15,17-18,21,24,27,30,33,36,39-56H2,1-5H3/p+1/b10-8-,13-11-,16-14-,20-19-,23-22-,26-25-,29-28-,32-31-,35-34-,38-37-. The molecule has 0 fully saturated rings. The van der Waals surface area contributed by atoms with Gasteiger partial charge in [0.2, 0.25) is 0 Å². The quantitative estimate of drug-likeness (QED) is 0.0211. The first kappa shape index (κ1) is 65.7. The van der Waals surface area contributed by atoms with Gasteiger partial charge in [0.25, 0.3) is 6.29 Å². The van der Waals surface area contributed by atoms with E-state index in [4.69, 9.17) is 18.9 Å². The van der Waals surface area contributed by atoms with Gasteiger partial charge in [-0.1, -0.05) is 193 Å². The Hall–Kier alpha value is -4.31. The van der Waals surface area contributed by atoms with Crippen molar-refractivity contribution < 1.29 is 42.9 Å². The first-order valence-corrected chi connectivity index (χ1v) is 27.2. The molecule has 0 saturated carbocycles. The number of carboxylic acid groups (broad SMARTS) is 1. The molecule has 0 radical (unpaired) electrons. The van der Waals surface area contributed by atoms with Gasteiger partial charge in [0.15, 0.2) is 6.10 Å². The first-order valence-electron chi connectivity index (χ1n) is 27.2. The van der Waals surface area contributed by atoms with E-state index in [9.17, 15) is 19.5 Å². The third-order valence-electron chi connectivity index (χ3n) is 10.9. The van der Waals surface area contributed by atoms with Crippen LogP contribution >= 0.6 is 0 Å². The van der Waals surface area contributed by atoms with Gasteiger partial charge in [-0.3, -0.25) is 9.59 Å². The van der Waals surface area contributed by atoms with Crippen LogP contribution in [0.3, 0.4) is 0 Å². The molecule has 0 spiro atoms. The zero-order valence-corrected chi connectivity index (χ0v) is 44.9. The van der Waals surface area contributed by atoms with E-state index in [2.05, 4.69) is 135 Å². The van der Waals surface area contributed by atoms with Crippen LogP contribution in [0.1, 0.15) is 187 Å². The van der Waals surface area contributed by atoms with Crippen molar-refractivity contribution in [3.8, 4) is 0 Å². The monoisotopic (exact) mass is 975 g/mol. The average molecular weight is 975 g/mol. The fourth-order valence-electron chi connectivity index (χ4n) is 6.77. The summed E-state index contributed by atoms with van der Waals surface area (Å²) in [6.07, 6.45) is 68.6. The molecule has 396 valence electrons. The fraction of sp³-hybridized carbons (Fsp3) is 0.623. The smallest absolute Gasteiger partial charge is 0.361 e. The van der Waals surface area contributed by atoms with Gasteiger partial charge in [0.05, 0.1) is 34.4 Å². The number of allylic oxidation sites excluding steroid dienone is 20. The molecule has 0 aliphatic carbocycles. The summed E-state index contributed by atoms with van der Waals surface area (Å²) >= 11 is 0. The highest BCUT2D eigenvalue weighted by atomic mass is 16.7. The topological polar surface area (TPSA) is 108 Å². The minimum Gasteiger partial charge on any atom is -0.477 e. The van der Waals surface area contributed by atoms with Crippen molar-refractivity contribution in [1.29, 1.82) is 0 Å². The summed E-state index contributed by atoms with van der Waals surface area (Å²) in [5.74, 6) is -2.05. The van der Waals surface area contributed by atoms with E-state index in [1.807, 2.05) is 21.1 Å². The third kappa shape index (κ3) is 51.5. The number of carboxylic acids is 1. The highest BCUT2D eigenvalue weighted by Gasteiger charge is 2.25. The Kier molecular flexibility index (Phi) is 47.9. The van der Waals surface area contributed by atoms with Crippen LogP contribution in [0.25, 0.3) is 0 Å². The predicted octanol–water partition coefficient (Wildman–Crippen LogP) is 15.7. The molecule has 0 aliphatic rings. The Labute approximate surface area is 427 Å². The molecule has 0 saturated heterocycles. The number of carbonyl (C=O) groups is 3. The van der Waals surface area contributed by atoms with Gasteiger partial charge >= 0.3 is 17.9 Å². The Morgan fingerprint density at radius 3 is 1.23 bits per heavy atom. The van der Waals surface area contributed by atoms with Crippen LogP contribution in [0, 0.1) is 0 Å². The Bertz CT molecular complexity index is 1560. The lowest BCUT2D eigenvalue weighted by molar-refractivity contribution is -0.870. The van der Waals surface area contributed by atoms with Crippen molar-refractivity contribution >= 4 is 17.9 Å². The molecule has 2 unspecified atom stereocenters. The number of nitrogens with zero attached hydrogens (tertiary/aromatic N) is 1. The van der Waals surface area contributed by atoms with Crippen molar-refractivity contribution in [3.05, 3.63) is 122 Å². The van der Waals surface area contributed by atoms with Crippen LogP contribution in [0.15, 0.2) is 122 Å². The fourth-order valence-corrected chi connectivity index (χ4v) is 6.77. The lowest BCUT2D eigenvalue weighted by Crippen LogP contribution is -2.40. The number of quaternary nitrogens is 1. The van der Waals surface area contributed by atoms with Gasteiger partial charge in [0, 0.05) is 12.8 Å². The number of ether oxygens (including phenoxy) is 4. The van der Waals surface area contributed by atoms with Crippen molar-refractivity contribution in [2.45, 2.75) is 200 Å². The van der Waals surface area contributed by atoms with Gasteiger partial charge in [0.1, 0.15) is 13.2 Å². The van der Waals surface area contributed by atoms with Gasteiger partial charge in [-0.05, 0) is 103 Å². The summed E-state index contributed by atoms with van der Waals surface area (Å²) in [6, 6.07) is 0. The molecule has 2 atom stereocenters. The van der Waals surface area contributed by atoms with Crippen LogP contribution in [0.4, 0.5) is 0 Å². The maximum absolute atomic E-state index is 12.8. The maximum Gasteiger partial charge on any atom is 0.361 e. The Morgan fingerprint density at radius 1 is 0.443 bits per heavy atom. The molecule has 0 aromatic carbocycles. The van der Waals surface area contributed by atoms with Crippen LogP contribution in [-0.2, 0) is 33.3 Å². The molecule has 1 N–H and O–H groups in total. The second-order valence-electron chi connectivity index (χ2n) is 18.8. The number of unbranched alkanes of at least 4 members (excludes halogenated alkanes) is 13. The molecule has 0 bridgehead atoms. The third-order valence-corrected chi connectivity index (χ3v) is 10.9. The summed E-state index contributed by atoms with van der Waals surface area (Å²) in [5, 5.41) is 9.66. The lowest BCUT2D eigenvalue weighted by Gasteiger charge is -2.25. The molecule has 70 heavy (non-hydrogen) atoms. The summed E-state index contributed by atoms with van der Waals surface area (Å²) in [6.45, 7) is 4.64. The SMILES string of the molecule is CC/C=C\C/C=C\C/C=C\C/C=C\C/C=C\C/C=C\C/C=C\C/C=C\C/C=C\CCCCCCCCCC(=O)OC(COC(=O)CCCCCCC/C=C\CCC)COC(OCC[N+](C)(C)C)C(=O)O. The number of esters is 2. The van der Waals surface area contributed by atoms with Crippen LogP contribution < -0.4 is 0 Å². The van der Waals surface area contributed by atoms with Crippen molar-refractivity contribution in [3.63, 3.8) is 0 Å². The summed E-state index contributed by atoms with van der Waals surface area (Å²) in [4.78, 5) is 37.2. The molecule has 0 aromatic heterocycles. The van der Waals surface area contributed by atoms with E-state index in [0.717, 1.165) is 128 Å². The molecule has 0 aliphatic heterocycles. The minimum atomic E-state index is -1.52. The van der Waals surface area contributed by atoms with Gasteiger partial charge < -0.3 is 28.5 Å². The second-order valence-corrected chi connectivity index (χ2v) is 18.8. The zero-order valence-electron chi connectivity index (χ0n) is 44.9. The molecular formula is C61H100NO8+. The summed E-state index contributed by atoms with van der Waals surface area (Å²) in [5.41, 5.74) is 0. The second kappa shape index (κ2) is 51.1. The highest BCUT2D eigenvalue weighted by molar-refractivity contribution is 5.71. The number of likely N-dealkylation sites (N-methyl/N-ethyl adjacent to an activating group) is 1. The first-order chi connectivity index (χ1) is 34.1. The molecule has 0 aromatic rings. The molecule has 0 amide bonds. The largest absolute Gasteiger partial charge is 0.477 e. The van der Waals surface area contributed by atoms with Gasteiger partial charge in [-0.25, -0.2) is 4.79 Å². The Morgan fingerprint density at radius 2 is 0.814 bits per heavy atom. The predicted molar refractivity (Wildman–Crippen MR) is 294 cm³/mol. The number of carbonyl (C=O) groups excluding carboxylic acids is 2. The number of aliphatic carboxylic acids is 1. The lowest BCUT2D eigenvalue weighted by atomic mass is 10.1. The van der Waals surface area contributed by atoms with Crippen LogP contribution in [0.5, 0.6) is 0 Å². The zero-order chi connectivity index (χ0) is 51.3. The van der Waals surface area contributed by atoms with E-state index in [1.165, 1.54) is 25.7 Å². The number of rotatable bonds is 48. The van der Waals surface area contributed by atoms with Crippen LogP contribution in [-0.4, -0.2) is 87.4 Å². The maximum atomic E-state index is 12.8. The molecule has 9 heteroatoms. The summed E-state index contributed by atoms with van der Waals surface area (Å²) in [7, 11) is 5.94. The average Bonchev–Trinajstić information content (AvgIpc) is 3.33. The minimum absolute atomic E-state index is 0.178. The molecule has 9 nitrogen and oxygen atoms in total. The van der Waals surface area contributed by atoms with E-state index >= 15 is 0 Å². The number of hydrogen-bond donors (Lipinski definition) is 1. The highest BCUT2D eigenvalue weighted by Crippen LogP contribution is 2.13. The normalized spacial score (nSPS) is 13.8. The van der Waals surface area contributed by atoms with Crippen molar-refractivity contribution in [2.24, 2.45) is 0 Å². The Balaban J connectivity index is 4.21. The van der Waals surface area contributed by atoms with E-state index < -0.39 is 24.3 Å². The summed E-state index contributed by atoms with van der Waals surface area (Å²) < 4.78 is 22.7. The van der Waals surface area contributed by atoms with Crippen molar-refractivity contribution in [2.75, 3.05) is 47.5 Å². The van der Waals surface area contributed by atoms with Crippen LogP contribution in [0.2, 0.25) is 0 Å². The van der Waals surface area contributed by atoms with Crippen molar-refractivity contribution in [1.82, 2.24) is 0 Å². The molecule has 0 heterocycles. The van der Waals surface area contributed by atoms with E-state index in [-0.39, 0.29) is 38.6 Å².